The summed E-state index contributed by atoms with van der Waals surface area (Å²) in [6.07, 6.45) is 0.734. The van der Waals surface area contributed by atoms with Crippen molar-refractivity contribution in [3.8, 4) is 16.9 Å². The second kappa shape index (κ2) is 7.44. The molecule has 0 atom stereocenters. The van der Waals surface area contributed by atoms with Crippen molar-refractivity contribution in [1.29, 1.82) is 0 Å². The molecule has 0 aliphatic rings. The minimum absolute atomic E-state index is 0.482. The summed E-state index contributed by atoms with van der Waals surface area (Å²) in [4.78, 5) is 11.3. The Bertz CT molecular complexity index is 1140. The van der Waals surface area contributed by atoms with E-state index < -0.39 is 6.09 Å². The summed E-state index contributed by atoms with van der Waals surface area (Å²) in [5.41, 5.74) is 16.1. The van der Waals surface area contributed by atoms with Crippen LogP contribution in [0.15, 0.2) is 66.7 Å². The van der Waals surface area contributed by atoms with Crippen LogP contribution in [0.4, 0.5) is 10.6 Å². The number of H-pyrrole nitrogens is 1. The first-order chi connectivity index (χ1) is 13.6. The third-order valence-corrected chi connectivity index (χ3v) is 4.72. The molecule has 140 valence electrons. The summed E-state index contributed by atoms with van der Waals surface area (Å²) in [5.74, 6) is 0.967. The number of hydrogen-bond donors (Lipinski definition) is 3. The van der Waals surface area contributed by atoms with Crippen LogP contribution in [-0.4, -0.2) is 16.3 Å². The van der Waals surface area contributed by atoms with E-state index in [2.05, 4.69) is 22.3 Å². The number of nitrogen functional groups attached to an aromatic ring is 1. The number of rotatable bonds is 5. The van der Waals surface area contributed by atoms with E-state index in [0.29, 0.717) is 11.6 Å². The molecular formula is C22H20N4O2. The lowest BCUT2D eigenvalue weighted by atomic mass is 9.98. The maximum Gasteiger partial charge on any atom is 0.409 e. The maximum atomic E-state index is 11.3. The van der Waals surface area contributed by atoms with Crippen molar-refractivity contribution in [2.24, 2.45) is 5.73 Å². The number of amides is 1. The molecule has 0 spiro atoms. The highest BCUT2D eigenvalue weighted by Gasteiger charge is 2.11. The SMILES string of the molecule is NC(=O)Oc1ccc(-c2ccc3c(N)n[nH]c3c2)cc1CCc1ccccc1. The van der Waals surface area contributed by atoms with Gasteiger partial charge in [-0.25, -0.2) is 4.79 Å². The summed E-state index contributed by atoms with van der Waals surface area (Å²) in [6.45, 7) is 0. The maximum absolute atomic E-state index is 11.3. The van der Waals surface area contributed by atoms with Crippen molar-refractivity contribution in [1.82, 2.24) is 10.2 Å². The first-order valence-corrected chi connectivity index (χ1v) is 8.98. The van der Waals surface area contributed by atoms with Crippen LogP contribution >= 0.6 is 0 Å². The Kier molecular flexibility index (Phi) is 4.68. The van der Waals surface area contributed by atoms with Crippen molar-refractivity contribution >= 4 is 22.8 Å². The minimum atomic E-state index is -0.817. The molecule has 0 unspecified atom stereocenters. The van der Waals surface area contributed by atoms with Gasteiger partial charge < -0.3 is 16.2 Å². The number of aromatic amines is 1. The molecule has 4 rings (SSSR count). The fourth-order valence-corrected chi connectivity index (χ4v) is 3.31. The van der Waals surface area contributed by atoms with E-state index in [1.807, 2.05) is 48.5 Å². The molecule has 0 saturated heterocycles. The highest BCUT2D eigenvalue weighted by molar-refractivity contribution is 5.91. The number of fused-ring (bicyclic) bond motifs is 1. The minimum Gasteiger partial charge on any atom is -0.410 e. The summed E-state index contributed by atoms with van der Waals surface area (Å²) in [7, 11) is 0. The van der Waals surface area contributed by atoms with E-state index in [-0.39, 0.29) is 0 Å². The van der Waals surface area contributed by atoms with Gasteiger partial charge in [-0.2, -0.15) is 5.10 Å². The van der Waals surface area contributed by atoms with Crippen LogP contribution in [0.25, 0.3) is 22.0 Å². The van der Waals surface area contributed by atoms with E-state index in [9.17, 15) is 4.79 Å². The Morgan fingerprint density at radius 2 is 1.71 bits per heavy atom. The average molecular weight is 372 g/mol. The molecule has 0 fully saturated rings. The van der Waals surface area contributed by atoms with Gasteiger partial charge in [-0.3, -0.25) is 5.10 Å². The smallest absolute Gasteiger partial charge is 0.409 e. The number of primary amides is 1. The quantitative estimate of drug-likeness (QED) is 0.491. The molecule has 1 amide bonds. The molecule has 6 heteroatoms. The summed E-state index contributed by atoms with van der Waals surface area (Å²) in [5, 5.41) is 7.87. The molecule has 0 aliphatic carbocycles. The largest absolute Gasteiger partial charge is 0.410 e. The highest BCUT2D eigenvalue weighted by Crippen LogP contribution is 2.30. The number of aryl methyl sites for hydroxylation is 2. The second-order valence-corrected chi connectivity index (χ2v) is 6.60. The molecule has 4 aromatic rings. The predicted molar refractivity (Wildman–Crippen MR) is 110 cm³/mol. The molecule has 0 bridgehead atoms. The summed E-state index contributed by atoms with van der Waals surface area (Å²) in [6, 6.07) is 21.8. The number of nitrogens with zero attached hydrogens (tertiary/aromatic N) is 1. The van der Waals surface area contributed by atoms with Crippen molar-refractivity contribution < 1.29 is 9.53 Å². The average Bonchev–Trinajstić information content (AvgIpc) is 3.08. The lowest BCUT2D eigenvalue weighted by Crippen LogP contribution is -2.17. The third kappa shape index (κ3) is 3.66. The van der Waals surface area contributed by atoms with Crippen LogP contribution in [-0.2, 0) is 12.8 Å². The Morgan fingerprint density at radius 1 is 0.964 bits per heavy atom. The number of anilines is 1. The normalized spacial score (nSPS) is 10.9. The summed E-state index contributed by atoms with van der Waals surface area (Å²) >= 11 is 0. The lowest BCUT2D eigenvalue weighted by Gasteiger charge is -2.12. The number of benzene rings is 3. The first kappa shape index (κ1) is 17.6. The fraction of sp³-hybridized carbons (Fsp3) is 0.0909. The fourth-order valence-electron chi connectivity index (χ4n) is 3.31. The molecule has 5 N–H and O–H groups in total. The van der Waals surface area contributed by atoms with Crippen LogP contribution in [0, 0.1) is 0 Å². The zero-order chi connectivity index (χ0) is 19.5. The van der Waals surface area contributed by atoms with Crippen LogP contribution in [0.3, 0.4) is 0 Å². The van der Waals surface area contributed by atoms with Gasteiger partial charge in [-0.05, 0) is 59.4 Å². The number of hydrogen-bond acceptors (Lipinski definition) is 4. The second-order valence-electron chi connectivity index (χ2n) is 6.60. The van der Waals surface area contributed by atoms with Gasteiger partial charge in [0.2, 0.25) is 0 Å². The van der Waals surface area contributed by atoms with Crippen LogP contribution in [0.2, 0.25) is 0 Å². The Morgan fingerprint density at radius 3 is 2.50 bits per heavy atom. The van der Waals surface area contributed by atoms with E-state index in [1.54, 1.807) is 6.07 Å². The Hall–Kier alpha value is -3.80. The summed E-state index contributed by atoms with van der Waals surface area (Å²) < 4.78 is 5.20. The first-order valence-electron chi connectivity index (χ1n) is 8.98. The van der Waals surface area contributed by atoms with Gasteiger partial charge in [0.05, 0.1) is 5.52 Å². The number of carbonyl (C=O) groups excluding carboxylic acids is 1. The predicted octanol–water partition coefficient (Wildman–Crippen LogP) is 4.05. The molecule has 0 aliphatic heterocycles. The van der Waals surface area contributed by atoms with Crippen molar-refractivity contribution in [3.05, 3.63) is 77.9 Å². The monoisotopic (exact) mass is 372 g/mol. The van der Waals surface area contributed by atoms with E-state index >= 15 is 0 Å². The van der Waals surface area contributed by atoms with Gasteiger partial charge in [0.15, 0.2) is 5.82 Å². The van der Waals surface area contributed by atoms with Crippen molar-refractivity contribution in [2.75, 3.05) is 5.73 Å². The van der Waals surface area contributed by atoms with Crippen LogP contribution in [0.5, 0.6) is 5.75 Å². The zero-order valence-electron chi connectivity index (χ0n) is 15.2. The van der Waals surface area contributed by atoms with E-state index in [0.717, 1.165) is 40.4 Å². The topological polar surface area (TPSA) is 107 Å². The number of ether oxygens (including phenoxy) is 1. The molecule has 3 aromatic carbocycles. The van der Waals surface area contributed by atoms with Gasteiger partial charge in [0.25, 0.3) is 0 Å². The lowest BCUT2D eigenvalue weighted by molar-refractivity contribution is 0.210. The van der Waals surface area contributed by atoms with Crippen molar-refractivity contribution in [3.63, 3.8) is 0 Å². The van der Waals surface area contributed by atoms with E-state index in [1.165, 1.54) is 5.56 Å². The van der Waals surface area contributed by atoms with Crippen LogP contribution < -0.4 is 16.2 Å². The number of carbonyl (C=O) groups is 1. The highest BCUT2D eigenvalue weighted by atomic mass is 16.5. The number of nitrogens with one attached hydrogen (secondary N) is 1. The zero-order valence-corrected chi connectivity index (χ0v) is 15.2. The molecule has 1 heterocycles. The number of nitrogens with two attached hydrogens (primary N) is 2. The molecular weight excluding hydrogens is 352 g/mol. The standard InChI is InChI=1S/C22H20N4O2/c23-21-18-10-8-16(13-19(18)25-26-21)15-9-11-20(28-22(24)27)17(12-15)7-6-14-4-2-1-3-5-14/h1-5,8-13H,6-7H2,(H2,24,27)(H3,23,25,26). The third-order valence-electron chi connectivity index (χ3n) is 4.72. The van der Waals surface area contributed by atoms with Gasteiger partial charge in [-0.1, -0.05) is 42.5 Å². The van der Waals surface area contributed by atoms with Gasteiger partial charge in [-0.15, -0.1) is 0 Å². The molecule has 28 heavy (non-hydrogen) atoms. The molecule has 6 nitrogen and oxygen atoms in total. The van der Waals surface area contributed by atoms with Crippen molar-refractivity contribution in [2.45, 2.75) is 12.8 Å². The number of aromatic nitrogens is 2. The van der Waals surface area contributed by atoms with Gasteiger partial charge in [0.1, 0.15) is 5.75 Å². The van der Waals surface area contributed by atoms with Crippen LogP contribution in [0.1, 0.15) is 11.1 Å². The van der Waals surface area contributed by atoms with Gasteiger partial charge >= 0.3 is 6.09 Å². The molecule has 1 aromatic heterocycles. The Balaban J connectivity index is 1.68. The molecule has 0 radical (unpaired) electrons. The molecule has 0 saturated carbocycles. The Labute approximate surface area is 162 Å². The van der Waals surface area contributed by atoms with Gasteiger partial charge in [0, 0.05) is 5.39 Å². The van der Waals surface area contributed by atoms with E-state index in [4.69, 9.17) is 16.2 Å².